The Hall–Kier alpha value is -1.02. The predicted molar refractivity (Wildman–Crippen MR) is 65.4 cm³/mol. The summed E-state index contributed by atoms with van der Waals surface area (Å²) in [6, 6.07) is 9.25. The van der Waals surface area contributed by atoms with Crippen LogP contribution in [0.1, 0.15) is 30.9 Å². The van der Waals surface area contributed by atoms with E-state index in [0.29, 0.717) is 6.04 Å². The van der Waals surface area contributed by atoms with Gasteiger partial charge in [-0.25, -0.2) is 0 Å². The van der Waals surface area contributed by atoms with Gasteiger partial charge >= 0.3 is 0 Å². The van der Waals surface area contributed by atoms with E-state index in [1.807, 2.05) is 0 Å². The first-order valence-corrected chi connectivity index (χ1v) is 5.78. The van der Waals surface area contributed by atoms with Crippen molar-refractivity contribution in [3.05, 3.63) is 29.8 Å². The SMILES string of the molecule is CN(C)c1ccccc1C1CCCCN1. The van der Waals surface area contributed by atoms with E-state index in [-0.39, 0.29) is 0 Å². The molecule has 2 nitrogen and oxygen atoms in total. The van der Waals surface area contributed by atoms with Crippen molar-refractivity contribution in [2.24, 2.45) is 0 Å². The number of para-hydroxylation sites is 1. The van der Waals surface area contributed by atoms with Crippen LogP contribution in [0.5, 0.6) is 0 Å². The topological polar surface area (TPSA) is 15.3 Å². The number of piperidine rings is 1. The average molecular weight is 204 g/mol. The minimum Gasteiger partial charge on any atom is -0.377 e. The van der Waals surface area contributed by atoms with Crippen LogP contribution in [0.3, 0.4) is 0 Å². The van der Waals surface area contributed by atoms with Crippen LogP contribution in [0.25, 0.3) is 0 Å². The van der Waals surface area contributed by atoms with E-state index in [0.717, 1.165) is 6.54 Å². The second kappa shape index (κ2) is 4.67. The third-order valence-electron chi connectivity index (χ3n) is 3.10. The Balaban J connectivity index is 2.25. The van der Waals surface area contributed by atoms with Crippen LogP contribution in [0.4, 0.5) is 5.69 Å². The molecule has 1 N–H and O–H groups in total. The molecular formula is C13H20N2. The normalized spacial score (nSPS) is 21.3. The van der Waals surface area contributed by atoms with Gasteiger partial charge in [0.05, 0.1) is 0 Å². The average Bonchev–Trinajstić information content (AvgIpc) is 2.30. The Labute approximate surface area is 92.3 Å². The second-order valence-corrected chi connectivity index (χ2v) is 4.46. The molecule has 15 heavy (non-hydrogen) atoms. The maximum Gasteiger partial charge on any atom is 0.0409 e. The van der Waals surface area contributed by atoms with Crippen molar-refractivity contribution in [2.75, 3.05) is 25.5 Å². The Kier molecular flexibility index (Phi) is 3.27. The van der Waals surface area contributed by atoms with Crippen LogP contribution in [0, 0.1) is 0 Å². The number of benzene rings is 1. The molecule has 0 amide bonds. The van der Waals surface area contributed by atoms with E-state index in [1.165, 1.54) is 30.5 Å². The summed E-state index contributed by atoms with van der Waals surface area (Å²) >= 11 is 0. The lowest BCUT2D eigenvalue weighted by molar-refractivity contribution is 0.412. The highest BCUT2D eigenvalue weighted by atomic mass is 15.1. The smallest absolute Gasteiger partial charge is 0.0409 e. The van der Waals surface area contributed by atoms with Gasteiger partial charge in [-0.15, -0.1) is 0 Å². The summed E-state index contributed by atoms with van der Waals surface area (Å²) in [4.78, 5) is 2.20. The first-order chi connectivity index (χ1) is 7.29. The second-order valence-electron chi connectivity index (χ2n) is 4.46. The highest BCUT2D eigenvalue weighted by Crippen LogP contribution is 2.29. The summed E-state index contributed by atoms with van der Waals surface area (Å²) in [5.41, 5.74) is 2.79. The zero-order valence-electron chi connectivity index (χ0n) is 9.66. The lowest BCUT2D eigenvalue weighted by atomic mass is 9.96. The van der Waals surface area contributed by atoms with Crippen LogP contribution < -0.4 is 10.2 Å². The molecule has 2 heteroatoms. The van der Waals surface area contributed by atoms with E-state index in [9.17, 15) is 0 Å². The first kappa shape index (κ1) is 10.5. The molecule has 1 fully saturated rings. The van der Waals surface area contributed by atoms with Crippen LogP contribution in [0.15, 0.2) is 24.3 Å². The van der Waals surface area contributed by atoms with E-state index >= 15 is 0 Å². The number of nitrogens with one attached hydrogen (secondary N) is 1. The fourth-order valence-electron chi connectivity index (χ4n) is 2.31. The Morgan fingerprint density at radius 2 is 2.00 bits per heavy atom. The van der Waals surface area contributed by atoms with Gasteiger partial charge in [0.15, 0.2) is 0 Å². The number of nitrogens with zero attached hydrogens (tertiary/aromatic N) is 1. The zero-order chi connectivity index (χ0) is 10.7. The van der Waals surface area contributed by atoms with Gasteiger partial charge in [0.2, 0.25) is 0 Å². The maximum absolute atomic E-state index is 3.60. The molecule has 0 radical (unpaired) electrons. The van der Waals surface area contributed by atoms with Gasteiger partial charge in [0.25, 0.3) is 0 Å². The summed E-state index contributed by atoms with van der Waals surface area (Å²) in [5.74, 6) is 0. The molecule has 0 spiro atoms. The standard InChI is InChI=1S/C13H20N2/c1-15(2)13-9-4-3-7-11(13)12-8-5-6-10-14-12/h3-4,7,9,12,14H,5-6,8,10H2,1-2H3. The largest absolute Gasteiger partial charge is 0.377 e. The molecule has 0 bridgehead atoms. The zero-order valence-corrected chi connectivity index (χ0v) is 9.66. The molecule has 1 aromatic carbocycles. The Bertz CT molecular complexity index is 314. The van der Waals surface area contributed by atoms with Gasteiger partial charge in [-0.3, -0.25) is 0 Å². The number of hydrogen-bond donors (Lipinski definition) is 1. The highest BCUT2D eigenvalue weighted by molar-refractivity contribution is 5.53. The molecule has 82 valence electrons. The molecule has 1 saturated heterocycles. The van der Waals surface area contributed by atoms with Gasteiger partial charge < -0.3 is 10.2 Å². The minimum absolute atomic E-state index is 0.553. The van der Waals surface area contributed by atoms with Crippen molar-refractivity contribution in [1.29, 1.82) is 0 Å². The fourth-order valence-corrected chi connectivity index (χ4v) is 2.31. The molecule has 1 unspecified atom stereocenters. The Morgan fingerprint density at radius 3 is 2.67 bits per heavy atom. The maximum atomic E-state index is 3.60. The van der Waals surface area contributed by atoms with E-state index in [1.54, 1.807) is 0 Å². The van der Waals surface area contributed by atoms with Crippen LogP contribution >= 0.6 is 0 Å². The van der Waals surface area contributed by atoms with Crippen molar-refractivity contribution in [3.63, 3.8) is 0 Å². The molecule has 2 rings (SSSR count). The van der Waals surface area contributed by atoms with Crippen LogP contribution in [0.2, 0.25) is 0 Å². The lowest BCUT2D eigenvalue weighted by Gasteiger charge is -2.28. The third kappa shape index (κ3) is 2.32. The number of anilines is 1. The molecule has 1 atom stereocenters. The molecule has 1 heterocycles. The highest BCUT2D eigenvalue weighted by Gasteiger charge is 2.17. The van der Waals surface area contributed by atoms with Crippen molar-refractivity contribution in [1.82, 2.24) is 5.32 Å². The Morgan fingerprint density at radius 1 is 1.20 bits per heavy atom. The molecule has 1 aliphatic heterocycles. The van der Waals surface area contributed by atoms with Crippen molar-refractivity contribution in [3.8, 4) is 0 Å². The summed E-state index contributed by atoms with van der Waals surface area (Å²) < 4.78 is 0. The molecule has 0 aliphatic carbocycles. The van der Waals surface area contributed by atoms with E-state index in [2.05, 4.69) is 48.6 Å². The van der Waals surface area contributed by atoms with Gasteiger partial charge in [-0.05, 0) is 31.0 Å². The lowest BCUT2D eigenvalue weighted by Crippen LogP contribution is -2.28. The van der Waals surface area contributed by atoms with Gasteiger partial charge in [-0.1, -0.05) is 24.6 Å². The van der Waals surface area contributed by atoms with Crippen LogP contribution in [-0.4, -0.2) is 20.6 Å². The minimum atomic E-state index is 0.553. The fraction of sp³-hybridized carbons (Fsp3) is 0.538. The predicted octanol–water partition coefficient (Wildman–Crippen LogP) is 2.57. The van der Waals surface area contributed by atoms with Gasteiger partial charge in [0.1, 0.15) is 0 Å². The molecule has 0 aromatic heterocycles. The van der Waals surface area contributed by atoms with Crippen molar-refractivity contribution in [2.45, 2.75) is 25.3 Å². The van der Waals surface area contributed by atoms with E-state index < -0.39 is 0 Å². The molecular weight excluding hydrogens is 184 g/mol. The monoisotopic (exact) mass is 204 g/mol. The first-order valence-electron chi connectivity index (χ1n) is 5.78. The summed E-state index contributed by atoms with van der Waals surface area (Å²) in [6.07, 6.45) is 3.94. The summed E-state index contributed by atoms with van der Waals surface area (Å²) in [5, 5.41) is 3.60. The molecule has 1 aliphatic rings. The quantitative estimate of drug-likeness (QED) is 0.796. The van der Waals surface area contributed by atoms with Gasteiger partial charge in [-0.2, -0.15) is 0 Å². The molecule has 1 aromatic rings. The van der Waals surface area contributed by atoms with Gasteiger partial charge in [0, 0.05) is 25.8 Å². The van der Waals surface area contributed by atoms with Crippen molar-refractivity contribution >= 4 is 5.69 Å². The molecule has 0 saturated carbocycles. The van der Waals surface area contributed by atoms with E-state index in [4.69, 9.17) is 0 Å². The third-order valence-corrected chi connectivity index (χ3v) is 3.10. The van der Waals surface area contributed by atoms with Crippen LogP contribution in [-0.2, 0) is 0 Å². The van der Waals surface area contributed by atoms with Crippen molar-refractivity contribution < 1.29 is 0 Å². The number of hydrogen-bond acceptors (Lipinski definition) is 2. The summed E-state index contributed by atoms with van der Waals surface area (Å²) in [6.45, 7) is 1.16. The summed E-state index contributed by atoms with van der Waals surface area (Å²) in [7, 11) is 4.23. The number of rotatable bonds is 2.